The first-order chi connectivity index (χ1) is 11.5. The number of hydrogen-bond donors (Lipinski definition) is 0. The fourth-order valence-corrected chi connectivity index (χ4v) is 4.75. The molecule has 3 rings (SSSR count). The lowest BCUT2D eigenvalue weighted by atomic mass is 10.0. The predicted octanol–water partition coefficient (Wildman–Crippen LogP) is 2.81. The first kappa shape index (κ1) is 17.1. The van der Waals surface area contributed by atoms with E-state index in [1.807, 2.05) is 49.4 Å². The van der Waals surface area contributed by atoms with Crippen LogP contribution in [0.15, 0.2) is 54.6 Å². The number of likely N-dealkylation sites (N-methyl/N-ethyl adjacent to an activating group) is 1. The van der Waals surface area contributed by atoms with Gasteiger partial charge >= 0.3 is 0 Å². The summed E-state index contributed by atoms with van der Waals surface area (Å²) in [5, 5.41) is 0. The largest absolute Gasteiger partial charge is 0.297 e. The van der Waals surface area contributed by atoms with Crippen LogP contribution >= 0.6 is 0 Å². The Morgan fingerprint density at radius 1 is 1.04 bits per heavy atom. The quantitative estimate of drug-likeness (QED) is 0.856. The van der Waals surface area contributed by atoms with E-state index < -0.39 is 10.0 Å². The molecule has 1 heterocycles. The molecule has 4 nitrogen and oxygen atoms in total. The van der Waals surface area contributed by atoms with E-state index in [0.29, 0.717) is 13.1 Å². The Kier molecular flexibility index (Phi) is 5.04. The summed E-state index contributed by atoms with van der Waals surface area (Å²) in [5.41, 5.74) is 3.10. The van der Waals surface area contributed by atoms with Gasteiger partial charge in [-0.15, -0.1) is 0 Å². The smallest absolute Gasteiger partial charge is 0.218 e. The van der Waals surface area contributed by atoms with Crippen LogP contribution < -0.4 is 0 Å². The predicted molar refractivity (Wildman–Crippen MR) is 97.2 cm³/mol. The minimum atomic E-state index is -3.31. The molecule has 1 atom stereocenters. The standard InChI is InChI=1S/C19H24N2O2S/c1-16-7-6-8-17(13-16)15-24(22,23)21-12-11-20(2)19(14-21)18-9-4-3-5-10-18/h3-10,13,19H,11-12,14-15H2,1-2H3. The van der Waals surface area contributed by atoms with Gasteiger partial charge in [0.15, 0.2) is 0 Å². The van der Waals surface area contributed by atoms with Crippen molar-refractivity contribution in [2.45, 2.75) is 18.7 Å². The maximum atomic E-state index is 12.9. The van der Waals surface area contributed by atoms with Crippen LogP contribution in [-0.4, -0.2) is 44.3 Å². The van der Waals surface area contributed by atoms with Crippen molar-refractivity contribution >= 4 is 10.0 Å². The summed E-state index contributed by atoms with van der Waals surface area (Å²) in [6.45, 7) is 3.78. The molecule has 5 heteroatoms. The minimum Gasteiger partial charge on any atom is -0.297 e. The summed E-state index contributed by atoms with van der Waals surface area (Å²) >= 11 is 0. The summed E-state index contributed by atoms with van der Waals surface area (Å²) in [6.07, 6.45) is 0. The molecule has 1 unspecified atom stereocenters. The number of nitrogens with zero attached hydrogens (tertiary/aromatic N) is 2. The Hall–Kier alpha value is -1.69. The van der Waals surface area contributed by atoms with Crippen molar-refractivity contribution in [1.29, 1.82) is 0 Å². The normalized spacial score (nSPS) is 20.2. The highest BCUT2D eigenvalue weighted by molar-refractivity contribution is 7.88. The maximum Gasteiger partial charge on any atom is 0.218 e. The molecule has 0 spiro atoms. The highest BCUT2D eigenvalue weighted by atomic mass is 32.2. The molecule has 0 N–H and O–H groups in total. The average Bonchev–Trinajstić information content (AvgIpc) is 2.55. The van der Waals surface area contributed by atoms with Crippen molar-refractivity contribution < 1.29 is 8.42 Å². The molecule has 128 valence electrons. The monoisotopic (exact) mass is 344 g/mol. The summed E-state index contributed by atoms with van der Waals surface area (Å²) in [7, 11) is -1.25. The minimum absolute atomic E-state index is 0.0693. The van der Waals surface area contributed by atoms with E-state index in [4.69, 9.17) is 0 Å². The average molecular weight is 344 g/mol. The molecule has 0 aliphatic carbocycles. The van der Waals surface area contributed by atoms with Gasteiger partial charge < -0.3 is 0 Å². The molecular formula is C19H24N2O2S. The molecule has 2 aromatic rings. The summed E-state index contributed by atoms with van der Waals surface area (Å²) < 4.78 is 27.4. The lowest BCUT2D eigenvalue weighted by molar-refractivity contribution is 0.148. The second-order valence-electron chi connectivity index (χ2n) is 6.51. The van der Waals surface area contributed by atoms with Crippen LogP contribution in [0.5, 0.6) is 0 Å². The Balaban J connectivity index is 1.78. The first-order valence-electron chi connectivity index (χ1n) is 8.24. The van der Waals surface area contributed by atoms with E-state index in [1.165, 1.54) is 0 Å². The second-order valence-corrected chi connectivity index (χ2v) is 8.48. The van der Waals surface area contributed by atoms with Gasteiger partial charge in [-0.3, -0.25) is 4.90 Å². The van der Waals surface area contributed by atoms with Gasteiger partial charge in [-0.1, -0.05) is 60.2 Å². The molecular weight excluding hydrogens is 320 g/mol. The first-order valence-corrected chi connectivity index (χ1v) is 9.85. The van der Waals surface area contributed by atoms with Crippen molar-refractivity contribution in [1.82, 2.24) is 9.21 Å². The molecule has 1 fully saturated rings. The van der Waals surface area contributed by atoms with Crippen LogP contribution in [0.3, 0.4) is 0 Å². The summed E-state index contributed by atoms with van der Waals surface area (Å²) in [6, 6.07) is 18.0. The van der Waals surface area contributed by atoms with Gasteiger partial charge in [-0.05, 0) is 25.1 Å². The molecule has 0 radical (unpaired) electrons. The Morgan fingerprint density at radius 2 is 1.79 bits per heavy atom. The molecule has 0 bridgehead atoms. The molecule has 1 saturated heterocycles. The van der Waals surface area contributed by atoms with Gasteiger partial charge in [-0.2, -0.15) is 4.31 Å². The van der Waals surface area contributed by atoms with Crippen LogP contribution in [0.2, 0.25) is 0 Å². The topological polar surface area (TPSA) is 40.6 Å². The van der Waals surface area contributed by atoms with Crippen LogP contribution in [0.4, 0.5) is 0 Å². The number of sulfonamides is 1. The third kappa shape index (κ3) is 3.86. The highest BCUT2D eigenvalue weighted by Crippen LogP contribution is 2.26. The van der Waals surface area contributed by atoms with Gasteiger partial charge in [0.05, 0.1) is 5.75 Å². The molecule has 2 aromatic carbocycles. The van der Waals surface area contributed by atoms with E-state index in [0.717, 1.165) is 23.2 Å². The molecule has 0 saturated carbocycles. The van der Waals surface area contributed by atoms with Crippen molar-refractivity contribution in [2.75, 3.05) is 26.7 Å². The SMILES string of the molecule is Cc1cccc(CS(=O)(=O)N2CCN(C)C(c3ccccc3)C2)c1. The van der Waals surface area contributed by atoms with Crippen LogP contribution in [0.25, 0.3) is 0 Å². The number of rotatable bonds is 4. The van der Waals surface area contributed by atoms with Gasteiger partial charge in [0, 0.05) is 25.7 Å². The molecule has 1 aliphatic heterocycles. The zero-order valence-corrected chi connectivity index (χ0v) is 15.0. The second kappa shape index (κ2) is 7.05. The zero-order chi connectivity index (χ0) is 17.2. The lowest BCUT2D eigenvalue weighted by Crippen LogP contribution is -2.49. The van der Waals surface area contributed by atoms with Crippen LogP contribution in [0, 0.1) is 6.92 Å². The number of aryl methyl sites for hydroxylation is 1. The van der Waals surface area contributed by atoms with E-state index in [2.05, 4.69) is 24.1 Å². The fraction of sp³-hybridized carbons (Fsp3) is 0.368. The van der Waals surface area contributed by atoms with Gasteiger partial charge in [-0.25, -0.2) is 8.42 Å². The third-order valence-electron chi connectivity index (χ3n) is 4.62. The Morgan fingerprint density at radius 3 is 2.50 bits per heavy atom. The molecule has 1 aliphatic rings. The van der Waals surface area contributed by atoms with Crippen molar-refractivity contribution in [3.8, 4) is 0 Å². The summed E-state index contributed by atoms with van der Waals surface area (Å²) in [5.74, 6) is 0.0693. The van der Waals surface area contributed by atoms with Crippen molar-refractivity contribution in [3.05, 3.63) is 71.3 Å². The number of piperazine rings is 1. The van der Waals surface area contributed by atoms with Crippen molar-refractivity contribution in [2.24, 2.45) is 0 Å². The van der Waals surface area contributed by atoms with E-state index >= 15 is 0 Å². The zero-order valence-electron chi connectivity index (χ0n) is 14.2. The maximum absolute atomic E-state index is 12.9. The van der Waals surface area contributed by atoms with Gasteiger partial charge in [0.25, 0.3) is 0 Å². The Labute approximate surface area is 144 Å². The van der Waals surface area contributed by atoms with Gasteiger partial charge in [0.1, 0.15) is 0 Å². The lowest BCUT2D eigenvalue weighted by Gasteiger charge is -2.39. The Bertz CT molecular complexity index is 790. The van der Waals surface area contributed by atoms with E-state index in [-0.39, 0.29) is 11.8 Å². The third-order valence-corrected chi connectivity index (χ3v) is 6.44. The highest BCUT2D eigenvalue weighted by Gasteiger charge is 2.32. The van der Waals surface area contributed by atoms with Crippen molar-refractivity contribution in [3.63, 3.8) is 0 Å². The number of hydrogen-bond acceptors (Lipinski definition) is 3. The fourth-order valence-electron chi connectivity index (χ4n) is 3.24. The molecule has 0 aromatic heterocycles. The molecule has 24 heavy (non-hydrogen) atoms. The number of benzene rings is 2. The van der Waals surface area contributed by atoms with Gasteiger partial charge in [0.2, 0.25) is 10.0 Å². The molecule has 0 amide bonds. The van der Waals surface area contributed by atoms with Crippen LogP contribution in [-0.2, 0) is 15.8 Å². The van der Waals surface area contributed by atoms with E-state index in [1.54, 1.807) is 4.31 Å². The van der Waals surface area contributed by atoms with E-state index in [9.17, 15) is 8.42 Å². The van der Waals surface area contributed by atoms with Crippen LogP contribution in [0.1, 0.15) is 22.7 Å². The summed E-state index contributed by atoms with van der Waals surface area (Å²) in [4.78, 5) is 2.23.